The van der Waals surface area contributed by atoms with E-state index >= 15 is 0 Å². The molecule has 0 nitrogen and oxygen atoms in total. The SMILES string of the molecule is CCCCCC[P+](c1ccccc1)(c1ccccc1)c1ccccc1.[Cl-]. The molecule has 0 spiro atoms. The highest BCUT2D eigenvalue weighted by molar-refractivity contribution is 7.95. The Morgan fingerprint density at radius 2 is 0.923 bits per heavy atom. The molecule has 0 aromatic heterocycles. The Bertz CT molecular complexity index is 644. The molecule has 0 radical (unpaired) electrons. The molecule has 136 valence electrons. The molecule has 2 heteroatoms. The number of hydrogen-bond acceptors (Lipinski definition) is 0. The van der Waals surface area contributed by atoms with Crippen LogP contribution in [0.1, 0.15) is 32.6 Å². The first-order valence-corrected chi connectivity index (χ1v) is 11.4. The molecule has 0 aliphatic carbocycles. The van der Waals surface area contributed by atoms with Crippen molar-refractivity contribution < 1.29 is 12.4 Å². The smallest absolute Gasteiger partial charge is 0.112 e. The fourth-order valence-electron chi connectivity index (χ4n) is 3.66. The Morgan fingerprint density at radius 3 is 1.27 bits per heavy atom. The fraction of sp³-hybridized carbons (Fsp3) is 0.250. The van der Waals surface area contributed by atoms with Gasteiger partial charge in [0.05, 0.1) is 6.16 Å². The Morgan fingerprint density at radius 1 is 0.538 bits per heavy atom. The normalized spacial score (nSPS) is 11.0. The summed E-state index contributed by atoms with van der Waals surface area (Å²) in [6.45, 7) is 2.29. The summed E-state index contributed by atoms with van der Waals surface area (Å²) in [7, 11) is -1.59. The number of hydrogen-bond donors (Lipinski definition) is 0. The van der Waals surface area contributed by atoms with E-state index < -0.39 is 7.26 Å². The summed E-state index contributed by atoms with van der Waals surface area (Å²) in [6.07, 6.45) is 6.49. The van der Waals surface area contributed by atoms with Gasteiger partial charge in [0, 0.05) is 0 Å². The molecule has 3 aromatic carbocycles. The third kappa shape index (κ3) is 4.56. The molecule has 0 fully saturated rings. The van der Waals surface area contributed by atoms with E-state index in [1.165, 1.54) is 47.8 Å². The summed E-state index contributed by atoms with van der Waals surface area (Å²) in [4.78, 5) is 0. The van der Waals surface area contributed by atoms with Crippen LogP contribution < -0.4 is 28.3 Å². The van der Waals surface area contributed by atoms with E-state index in [-0.39, 0.29) is 12.4 Å². The first kappa shape index (κ1) is 20.7. The molecular formula is C24H28ClP. The molecule has 0 bridgehead atoms. The summed E-state index contributed by atoms with van der Waals surface area (Å²) in [5.74, 6) is 0. The van der Waals surface area contributed by atoms with Gasteiger partial charge in [0.25, 0.3) is 0 Å². The van der Waals surface area contributed by atoms with Gasteiger partial charge >= 0.3 is 0 Å². The van der Waals surface area contributed by atoms with Crippen LogP contribution >= 0.6 is 7.26 Å². The first-order valence-electron chi connectivity index (χ1n) is 9.43. The average Bonchev–Trinajstić information content (AvgIpc) is 2.70. The Hall–Kier alpha value is -1.62. The van der Waals surface area contributed by atoms with Crippen LogP contribution in [0.15, 0.2) is 91.0 Å². The van der Waals surface area contributed by atoms with E-state index in [9.17, 15) is 0 Å². The first-order chi connectivity index (χ1) is 12.4. The molecule has 0 atom stereocenters. The van der Waals surface area contributed by atoms with Crippen LogP contribution in [0.5, 0.6) is 0 Å². The van der Waals surface area contributed by atoms with Crippen LogP contribution in [0.2, 0.25) is 0 Å². The van der Waals surface area contributed by atoms with Gasteiger partial charge in [0.2, 0.25) is 0 Å². The fourth-order valence-corrected chi connectivity index (χ4v) is 8.07. The molecule has 0 unspecified atom stereocenters. The van der Waals surface area contributed by atoms with Crippen LogP contribution in [-0.4, -0.2) is 6.16 Å². The van der Waals surface area contributed by atoms with Crippen LogP contribution in [0.4, 0.5) is 0 Å². The van der Waals surface area contributed by atoms with E-state index in [1.54, 1.807) is 0 Å². The lowest BCUT2D eigenvalue weighted by Crippen LogP contribution is -3.00. The second-order valence-corrected chi connectivity index (χ2v) is 10.2. The summed E-state index contributed by atoms with van der Waals surface area (Å²) in [6, 6.07) is 33.6. The van der Waals surface area contributed by atoms with Gasteiger partial charge in [-0.2, -0.15) is 0 Å². The van der Waals surface area contributed by atoms with Crippen molar-refractivity contribution in [3.05, 3.63) is 91.0 Å². The maximum Gasteiger partial charge on any atom is 0.112 e. The van der Waals surface area contributed by atoms with Gasteiger partial charge in [0.1, 0.15) is 23.2 Å². The van der Waals surface area contributed by atoms with Crippen LogP contribution in [-0.2, 0) is 0 Å². The quantitative estimate of drug-likeness (QED) is 0.415. The third-order valence-corrected chi connectivity index (χ3v) is 9.46. The minimum atomic E-state index is -1.59. The third-order valence-electron chi connectivity index (χ3n) is 4.94. The molecule has 0 heterocycles. The number of rotatable bonds is 8. The minimum absolute atomic E-state index is 0. The molecule has 0 saturated carbocycles. The summed E-state index contributed by atoms with van der Waals surface area (Å²) >= 11 is 0. The molecule has 26 heavy (non-hydrogen) atoms. The molecule has 3 aromatic rings. The maximum atomic E-state index is 2.34. The van der Waals surface area contributed by atoms with Crippen molar-refractivity contribution in [3.63, 3.8) is 0 Å². The van der Waals surface area contributed by atoms with E-state index in [4.69, 9.17) is 0 Å². The van der Waals surface area contributed by atoms with Gasteiger partial charge in [-0.15, -0.1) is 0 Å². The zero-order valence-corrected chi connectivity index (χ0v) is 17.2. The molecule has 0 aliphatic heterocycles. The van der Waals surface area contributed by atoms with Gasteiger partial charge in [0.15, 0.2) is 0 Å². The zero-order valence-electron chi connectivity index (χ0n) is 15.5. The van der Waals surface area contributed by atoms with Crippen molar-refractivity contribution in [2.45, 2.75) is 32.6 Å². The van der Waals surface area contributed by atoms with Crippen molar-refractivity contribution in [3.8, 4) is 0 Å². The Kier molecular flexibility index (Phi) is 8.36. The molecule has 3 rings (SSSR count). The summed E-state index contributed by atoms with van der Waals surface area (Å²) in [5.41, 5.74) is 0. The zero-order chi connectivity index (χ0) is 17.4. The van der Waals surface area contributed by atoms with Gasteiger partial charge in [-0.1, -0.05) is 74.4 Å². The van der Waals surface area contributed by atoms with Crippen LogP contribution in [0.3, 0.4) is 0 Å². The highest BCUT2D eigenvalue weighted by Crippen LogP contribution is 2.55. The van der Waals surface area contributed by atoms with Gasteiger partial charge < -0.3 is 12.4 Å². The number of halogens is 1. The lowest BCUT2D eigenvalue weighted by atomic mass is 10.2. The maximum absolute atomic E-state index is 2.34. The highest BCUT2D eigenvalue weighted by atomic mass is 35.5. The second-order valence-electron chi connectivity index (χ2n) is 6.60. The predicted octanol–water partition coefficient (Wildman–Crippen LogP) is 2.56. The van der Waals surface area contributed by atoms with Crippen molar-refractivity contribution >= 4 is 23.2 Å². The molecule has 0 saturated heterocycles. The number of unbranched alkanes of at least 4 members (excludes halogenated alkanes) is 3. The van der Waals surface area contributed by atoms with Crippen molar-refractivity contribution in [2.24, 2.45) is 0 Å². The Labute approximate surface area is 165 Å². The monoisotopic (exact) mass is 382 g/mol. The number of benzene rings is 3. The molecular weight excluding hydrogens is 355 g/mol. The topological polar surface area (TPSA) is 0 Å². The van der Waals surface area contributed by atoms with Crippen LogP contribution in [0, 0.1) is 0 Å². The Balaban J connectivity index is 0.00000243. The summed E-state index contributed by atoms with van der Waals surface area (Å²) < 4.78 is 0. The molecule has 0 N–H and O–H groups in total. The standard InChI is InChI=1S/C24H28P.ClH/c1-2-3-4-14-21-25(22-15-8-5-9-16-22,23-17-10-6-11-18-23)24-19-12-7-13-20-24;/h5-13,15-20H,2-4,14,21H2,1H3;1H/q+1;/p-1. The second kappa shape index (κ2) is 10.5. The largest absolute Gasteiger partial charge is 1.00 e. The molecule has 0 amide bonds. The van der Waals surface area contributed by atoms with E-state index in [2.05, 4.69) is 97.9 Å². The van der Waals surface area contributed by atoms with Crippen LogP contribution in [0.25, 0.3) is 0 Å². The van der Waals surface area contributed by atoms with Crippen molar-refractivity contribution in [1.82, 2.24) is 0 Å². The highest BCUT2D eigenvalue weighted by Gasteiger charge is 2.44. The molecule has 0 aliphatic rings. The average molecular weight is 383 g/mol. The summed E-state index contributed by atoms with van der Waals surface area (Å²) in [5, 5.41) is 4.51. The van der Waals surface area contributed by atoms with Gasteiger partial charge in [-0.25, -0.2) is 0 Å². The minimum Gasteiger partial charge on any atom is -1.00 e. The van der Waals surface area contributed by atoms with Crippen molar-refractivity contribution in [2.75, 3.05) is 6.16 Å². The van der Waals surface area contributed by atoms with Crippen molar-refractivity contribution in [1.29, 1.82) is 0 Å². The van der Waals surface area contributed by atoms with Gasteiger partial charge in [-0.05, 0) is 49.2 Å². The van der Waals surface area contributed by atoms with E-state index in [0.717, 1.165) is 0 Å². The van der Waals surface area contributed by atoms with E-state index in [1.807, 2.05) is 0 Å². The van der Waals surface area contributed by atoms with Gasteiger partial charge in [-0.3, -0.25) is 0 Å². The predicted molar refractivity (Wildman–Crippen MR) is 114 cm³/mol. The lowest BCUT2D eigenvalue weighted by Gasteiger charge is -2.27. The van der Waals surface area contributed by atoms with E-state index in [0.29, 0.717) is 0 Å². The lowest BCUT2D eigenvalue weighted by molar-refractivity contribution is -0.00000499.